The lowest BCUT2D eigenvalue weighted by Gasteiger charge is -2.04. The molecular formula is C3H8NO2. The van der Waals surface area contributed by atoms with E-state index in [1.54, 1.807) is 0 Å². The number of aliphatic hydroxyl groups excluding tert-OH is 2. The van der Waals surface area contributed by atoms with Crippen molar-refractivity contribution in [2.75, 3.05) is 13.5 Å². The van der Waals surface area contributed by atoms with Crippen LogP contribution in [0.1, 0.15) is 0 Å². The molecule has 2 N–H and O–H groups in total. The van der Waals surface area contributed by atoms with Crippen LogP contribution in [0.25, 0.3) is 0 Å². The molecule has 0 aliphatic carbocycles. The summed E-state index contributed by atoms with van der Waals surface area (Å²) in [5.41, 5.74) is 0. The molecule has 0 bridgehead atoms. The van der Waals surface area contributed by atoms with Gasteiger partial charge in [0, 0.05) is 7.05 Å². The lowest BCUT2D eigenvalue weighted by molar-refractivity contribution is 0.0658. The molecular weight excluding hydrogens is 82.0 g/mol. The Kier molecular flexibility index (Phi) is 3.02. The van der Waals surface area contributed by atoms with Crippen molar-refractivity contribution in [3.8, 4) is 0 Å². The average molecular weight is 90.1 g/mol. The highest BCUT2D eigenvalue weighted by Gasteiger charge is 1.84. The molecule has 0 spiro atoms. The third-order valence-corrected chi connectivity index (χ3v) is 0.400. The van der Waals surface area contributed by atoms with Gasteiger partial charge in [0.2, 0.25) is 0 Å². The van der Waals surface area contributed by atoms with Crippen molar-refractivity contribution in [3.63, 3.8) is 0 Å². The van der Waals surface area contributed by atoms with Gasteiger partial charge in [0.25, 0.3) is 0 Å². The molecule has 0 saturated heterocycles. The van der Waals surface area contributed by atoms with Gasteiger partial charge in [-0.1, -0.05) is 0 Å². The number of hydrogen-bond donors (Lipinski definition) is 2. The highest BCUT2D eigenvalue weighted by atomic mass is 16.3. The predicted octanol–water partition coefficient (Wildman–Crippen LogP) is -1.02. The maximum atomic E-state index is 8.04. The normalized spacial score (nSPS) is 10.0. The first-order valence-electron chi connectivity index (χ1n) is 1.58. The van der Waals surface area contributed by atoms with E-state index in [0.717, 1.165) is 4.90 Å². The molecule has 1 radical (unpaired) electrons. The summed E-state index contributed by atoms with van der Waals surface area (Å²) in [6.45, 7) is -0.396. The molecule has 3 heteroatoms. The van der Waals surface area contributed by atoms with Crippen molar-refractivity contribution in [1.29, 1.82) is 0 Å². The van der Waals surface area contributed by atoms with Gasteiger partial charge in [0.1, 0.15) is 0 Å². The molecule has 37 valence electrons. The summed E-state index contributed by atoms with van der Waals surface area (Å²) in [6.07, 6.45) is 0. The number of hydrogen-bond acceptors (Lipinski definition) is 3. The Morgan fingerprint density at radius 3 is 1.67 bits per heavy atom. The van der Waals surface area contributed by atoms with Crippen molar-refractivity contribution in [2.24, 2.45) is 0 Å². The molecule has 0 aliphatic rings. The minimum Gasteiger partial charge on any atom is -0.381 e. The maximum absolute atomic E-state index is 8.04. The molecule has 0 unspecified atom stereocenters. The molecule has 0 aliphatic heterocycles. The van der Waals surface area contributed by atoms with Gasteiger partial charge in [0.05, 0.1) is 13.5 Å². The molecule has 0 aromatic carbocycles. The Hall–Kier alpha value is -0.120. The molecule has 6 heavy (non-hydrogen) atoms. The Morgan fingerprint density at radius 1 is 1.33 bits per heavy atom. The highest BCUT2D eigenvalue weighted by molar-refractivity contribution is 4.32. The summed E-state index contributed by atoms with van der Waals surface area (Å²) in [6, 6.07) is 0. The van der Waals surface area contributed by atoms with Gasteiger partial charge in [-0.25, -0.2) is 0 Å². The molecule has 0 rings (SSSR count). The standard InChI is InChI=1S/C3H8NO2/c1-4(2-5)3-6/h5-6H,1-3H2. The van der Waals surface area contributed by atoms with Crippen LogP contribution in [0, 0.1) is 7.05 Å². The summed E-state index contributed by atoms with van der Waals surface area (Å²) in [4.78, 5) is 1.11. The minimum atomic E-state index is -0.198. The second kappa shape index (κ2) is 3.08. The molecule has 0 atom stereocenters. The van der Waals surface area contributed by atoms with E-state index in [9.17, 15) is 0 Å². The quantitative estimate of drug-likeness (QED) is 0.426. The van der Waals surface area contributed by atoms with E-state index in [0.29, 0.717) is 0 Å². The molecule has 0 aromatic rings. The number of nitrogens with zero attached hydrogens (tertiary/aromatic N) is 1. The van der Waals surface area contributed by atoms with Gasteiger partial charge in [-0.05, 0) is 0 Å². The summed E-state index contributed by atoms with van der Waals surface area (Å²) in [5.74, 6) is 0. The molecule has 0 aromatic heterocycles. The van der Waals surface area contributed by atoms with Gasteiger partial charge in [-0.15, -0.1) is 0 Å². The fourth-order valence-electron chi connectivity index (χ4n) is 0.0447. The average Bonchev–Trinajstić information content (AvgIpc) is 1.65. The zero-order valence-corrected chi connectivity index (χ0v) is 3.46. The van der Waals surface area contributed by atoms with E-state index in [1.165, 1.54) is 0 Å². The van der Waals surface area contributed by atoms with Crippen LogP contribution in [0.15, 0.2) is 0 Å². The summed E-state index contributed by atoms with van der Waals surface area (Å²) < 4.78 is 0. The first kappa shape index (κ1) is 5.88. The first-order chi connectivity index (χ1) is 2.81. The molecule has 3 nitrogen and oxygen atoms in total. The highest BCUT2D eigenvalue weighted by Crippen LogP contribution is 1.71. The fourth-order valence-corrected chi connectivity index (χ4v) is 0.0447. The molecule has 0 heterocycles. The fraction of sp³-hybridized carbons (Fsp3) is 0.667. The third-order valence-electron chi connectivity index (χ3n) is 0.400. The van der Waals surface area contributed by atoms with Crippen molar-refractivity contribution >= 4 is 0 Å². The Bertz CT molecular complexity index is 28.0. The third kappa shape index (κ3) is 2.14. The van der Waals surface area contributed by atoms with Crippen LogP contribution in [0.5, 0.6) is 0 Å². The van der Waals surface area contributed by atoms with Crippen LogP contribution < -0.4 is 0 Å². The zero-order valence-electron chi connectivity index (χ0n) is 3.46. The van der Waals surface area contributed by atoms with Crippen LogP contribution in [-0.4, -0.2) is 28.6 Å². The first-order valence-corrected chi connectivity index (χ1v) is 1.58. The van der Waals surface area contributed by atoms with Crippen molar-refractivity contribution < 1.29 is 10.2 Å². The largest absolute Gasteiger partial charge is 0.381 e. The van der Waals surface area contributed by atoms with Crippen LogP contribution in [-0.2, 0) is 0 Å². The lowest BCUT2D eigenvalue weighted by atomic mass is 10.9. The predicted molar refractivity (Wildman–Crippen MR) is 21.4 cm³/mol. The zero-order chi connectivity index (χ0) is 4.99. The van der Waals surface area contributed by atoms with Crippen molar-refractivity contribution in [1.82, 2.24) is 4.90 Å². The second-order valence-corrected chi connectivity index (χ2v) is 0.954. The maximum Gasteiger partial charge on any atom is 0.0974 e. The van der Waals surface area contributed by atoms with E-state index in [4.69, 9.17) is 10.2 Å². The SMILES string of the molecule is [CH2]N(CO)CO. The second-order valence-electron chi connectivity index (χ2n) is 0.954. The van der Waals surface area contributed by atoms with E-state index in [1.807, 2.05) is 0 Å². The van der Waals surface area contributed by atoms with Crippen molar-refractivity contribution in [2.45, 2.75) is 0 Å². The van der Waals surface area contributed by atoms with Crippen LogP contribution in [0.2, 0.25) is 0 Å². The van der Waals surface area contributed by atoms with Crippen LogP contribution in [0.4, 0.5) is 0 Å². The number of rotatable bonds is 2. The van der Waals surface area contributed by atoms with E-state index in [2.05, 4.69) is 7.05 Å². The lowest BCUT2D eigenvalue weighted by Crippen LogP contribution is -2.16. The molecule has 0 amide bonds. The molecule has 0 saturated carbocycles. The van der Waals surface area contributed by atoms with Crippen LogP contribution in [0.3, 0.4) is 0 Å². The van der Waals surface area contributed by atoms with Gasteiger partial charge < -0.3 is 10.2 Å². The summed E-state index contributed by atoms with van der Waals surface area (Å²) in [5, 5.41) is 16.1. The van der Waals surface area contributed by atoms with E-state index < -0.39 is 0 Å². The van der Waals surface area contributed by atoms with Gasteiger partial charge in [-0.3, -0.25) is 4.90 Å². The van der Waals surface area contributed by atoms with Crippen molar-refractivity contribution in [3.05, 3.63) is 7.05 Å². The Balaban J connectivity index is 2.75. The number of aliphatic hydroxyl groups is 2. The van der Waals surface area contributed by atoms with Gasteiger partial charge in [-0.2, -0.15) is 0 Å². The smallest absolute Gasteiger partial charge is 0.0974 e. The van der Waals surface area contributed by atoms with Gasteiger partial charge in [0.15, 0.2) is 0 Å². The molecule has 0 fully saturated rings. The van der Waals surface area contributed by atoms with E-state index in [-0.39, 0.29) is 13.5 Å². The Labute approximate surface area is 36.8 Å². The summed E-state index contributed by atoms with van der Waals surface area (Å²) >= 11 is 0. The van der Waals surface area contributed by atoms with Gasteiger partial charge >= 0.3 is 0 Å². The summed E-state index contributed by atoms with van der Waals surface area (Å²) in [7, 11) is 3.21. The topological polar surface area (TPSA) is 43.7 Å². The Morgan fingerprint density at radius 2 is 1.67 bits per heavy atom. The van der Waals surface area contributed by atoms with Crippen LogP contribution >= 0.6 is 0 Å². The van der Waals surface area contributed by atoms with E-state index >= 15 is 0 Å². The minimum absolute atomic E-state index is 0.198. The monoisotopic (exact) mass is 90.1 g/mol.